The van der Waals surface area contributed by atoms with E-state index < -0.39 is 11.9 Å². The van der Waals surface area contributed by atoms with Crippen LogP contribution in [0.4, 0.5) is 16.4 Å². The van der Waals surface area contributed by atoms with Crippen molar-refractivity contribution >= 4 is 41.5 Å². The lowest BCUT2D eigenvalue weighted by Crippen LogP contribution is -2.37. The Kier molecular flexibility index (Phi) is 5.67. The third kappa shape index (κ3) is 5.10. The fourth-order valence-corrected chi connectivity index (χ4v) is 1.28. The molecule has 1 aromatic heterocycles. The second-order valence-electron chi connectivity index (χ2n) is 4.11. The van der Waals surface area contributed by atoms with Crippen LogP contribution in [-0.2, 0) is 0 Å². The third-order valence-corrected chi connectivity index (χ3v) is 2.24. The molecule has 0 unspecified atom stereocenters. The lowest BCUT2D eigenvalue weighted by Gasteiger charge is -2.06. The summed E-state index contributed by atoms with van der Waals surface area (Å²) in [4.78, 5) is 30.3. The van der Waals surface area contributed by atoms with E-state index in [-0.39, 0.29) is 28.5 Å². The number of aromatic nitrogens is 2. The first-order valence-corrected chi connectivity index (χ1v) is 6.16. The minimum absolute atomic E-state index is 0.0400. The lowest BCUT2D eigenvalue weighted by molar-refractivity contribution is 0.0974. The Morgan fingerprint density at radius 1 is 1.29 bits per heavy atom. The Labute approximate surface area is 125 Å². The molecule has 3 amide bonds. The molecule has 0 aliphatic heterocycles. The molecule has 0 fully saturated rings. The third-order valence-electron chi connectivity index (χ3n) is 1.97. The maximum atomic E-state index is 11.7. The van der Waals surface area contributed by atoms with E-state index in [9.17, 15) is 9.59 Å². The summed E-state index contributed by atoms with van der Waals surface area (Å²) in [5.74, 6) is -0.948. The highest BCUT2D eigenvalue weighted by Crippen LogP contribution is 2.16. The zero-order valence-corrected chi connectivity index (χ0v) is 12.1. The summed E-state index contributed by atoms with van der Waals surface area (Å²) in [5, 5.41) is 8.13. The maximum Gasteiger partial charge on any atom is 0.335 e. The number of hydrogen-bond acceptors (Lipinski definition) is 7. The second-order valence-corrected chi connectivity index (χ2v) is 4.46. The minimum atomic E-state index is -0.697. The van der Waals surface area contributed by atoms with Gasteiger partial charge in [-0.25, -0.2) is 20.2 Å². The molecule has 7 N–H and O–H groups in total. The van der Waals surface area contributed by atoms with Crippen LogP contribution in [0.2, 0.25) is 5.15 Å². The van der Waals surface area contributed by atoms with Gasteiger partial charge < -0.3 is 22.1 Å². The summed E-state index contributed by atoms with van der Waals surface area (Å²) in [5.41, 5.74) is 12.8. The molecule has 0 aliphatic rings. The molecule has 0 spiro atoms. The fraction of sp³-hybridized carbons (Fsp3) is 0.300. The summed E-state index contributed by atoms with van der Waals surface area (Å²) in [6.45, 7) is 3.58. The van der Waals surface area contributed by atoms with Gasteiger partial charge in [0.1, 0.15) is 6.34 Å². The van der Waals surface area contributed by atoms with Crippen LogP contribution >= 0.6 is 11.6 Å². The van der Waals surface area contributed by atoms with Gasteiger partial charge in [-0.3, -0.25) is 4.79 Å². The summed E-state index contributed by atoms with van der Waals surface area (Å²) >= 11 is 5.65. The molecule has 1 aromatic rings. The fourth-order valence-electron chi connectivity index (χ4n) is 1.15. The standard InChI is InChI=1S/C10H15ClN8O2/c1-4(2)16-10(21)19-15-3-14-9(20)5-7(12)18-8(13)6(11)17-5/h3-4H,1-2H3,(H4,12,13,18)(H,14,15,20)(H2,16,19,21). The topological polar surface area (TPSA) is 160 Å². The molecule has 21 heavy (non-hydrogen) atoms. The summed E-state index contributed by atoms with van der Waals surface area (Å²) in [6.07, 6.45) is 0.966. The van der Waals surface area contributed by atoms with Gasteiger partial charge in [0.05, 0.1) is 0 Å². The van der Waals surface area contributed by atoms with Crippen molar-refractivity contribution in [2.45, 2.75) is 19.9 Å². The molecule has 0 aromatic carbocycles. The molecular weight excluding hydrogens is 300 g/mol. The first-order valence-electron chi connectivity index (χ1n) is 5.78. The Morgan fingerprint density at radius 3 is 2.57 bits per heavy atom. The monoisotopic (exact) mass is 314 g/mol. The number of carbonyl (C=O) groups is 2. The number of nitrogens with two attached hydrogens (primary N) is 2. The van der Waals surface area contributed by atoms with Gasteiger partial charge in [0.2, 0.25) is 0 Å². The van der Waals surface area contributed by atoms with Gasteiger partial charge in [-0.1, -0.05) is 11.6 Å². The number of halogens is 1. The van der Waals surface area contributed by atoms with Gasteiger partial charge in [-0.05, 0) is 13.8 Å². The molecule has 1 heterocycles. The average Bonchev–Trinajstić information content (AvgIpc) is 2.38. The van der Waals surface area contributed by atoms with Crippen molar-refractivity contribution in [3.8, 4) is 0 Å². The average molecular weight is 315 g/mol. The predicted molar refractivity (Wildman–Crippen MR) is 78.6 cm³/mol. The molecule has 1 rings (SSSR count). The Bertz CT molecular complexity index is 574. The highest BCUT2D eigenvalue weighted by molar-refractivity contribution is 6.31. The zero-order valence-electron chi connectivity index (χ0n) is 11.3. The van der Waals surface area contributed by atoms with Crippen LogP contribution in [0.15, 0.2) is 5.10 Å². The normalized spacial score (nSPS) is 10.7. The number of rotatable bonds is 4. The van der Waals surface area contributed by atoms with E-state index in [0.717, 1.165) is 6.34 Å². The number of amides is 3. The number of hydrogen-bond donors (Lipinski definition) is 5. The molecule has 0 saturated carbocycles. The van der Waals surface area contributed by atoms with Crippen LogP contribution in [0.5, 0.6) is 0 Å². The van der Waals surface area contributed by atoms with Crippen LogP contribution in [0.1, 0.15) is 24.3 Å². The van der Waals surface area contributed by atoms with E-state index in [0.29, 0.717) is 0 Å². The number of urea groups is 1. The molecule has 0 aliphatic carbocycles. The van der Waals surface area contributed by atoms with E-state index in [1.54, 1.807) is 13.8 Å². The van der Waals surface area contributed by atoms with Crippen LogP contribution < -0.4 is 27.5 Å². The van der Waals surface area contributed by atoms with E-state index in [2.05, 4.69) is 31.1 Å². The lowest BCUT2D eigenvalue weighted by atomic mass is 10.4. The van der Waals surface area contributed by atoms with Crippen LogP contribution in [-0.4, -0.2) is 34.3 Å². The van der Waals surface area contributed by atoms with Gasteiger partial charge in [-0.15, -0.1) is 0 Å². The highest BCUT2D eigenvalue weighted by atomic mass is 35.5. The predicted octanol–water partition coefficient (Wildman–Crippen LogP) is -0.325. The molecule has 10 nitrogen and oxygen atoms in total. The zero-order chi connectivity index (χ0) is 16.0. The first kappa shape index (κ1) is 16.4. The van der Waals surface area contributed by atoms with Crippen LogP contribution in [0.3, 0.4) is 0 Å². The van der Waals surface area contributed by atoms with E-state index >= 15 is 0 Å². The van der Waals surface area contributed by atoms with E-state index in [4.69, 9.17) is 23.1 Å². The van der Waals surface area contributed by atoms with Gasteiger partial charge in [0.25, 0.3) is 5.91 Å². The summed E-state index contributed by atoms with van der Waals surface area (Å²) in [6, 6.07) is -0.549. The van der Waals surface area contributed by atoms with Gasteiger partial charge in [0, 0.05) is 6.04 Å². The van der Waals surface area contributed by atoms with Gasteiger partial charge in [-0.2, -0.15) is 5.10 Å². The number of nitrogens with one attached hydrogen (secondary N) is 3. The van der Waals surface area contributed by atoms with Crippen molar-refractivity contribution in [3.05, 3.63) is 10.8 Å². The molecular formula is C10H15ClN8O2. The van der Waals surface area contributed by atoms with Crippen LogP contribution in [0, 0.1) is 0 Å². The van der Waals surface area contributed by atoms with Crippen molar-refractivity contribution < 1.29 is 9.59 Å². The molecule has 0 bridgehead atoms. The van der Waals surface area contributed by atoms with Crippen molar-refractivity contribution in [3.63, 3.8) is 0 Å². The molecule has 0 atom stereocenters. The summed E-state index contributed by atoms with van der Waals surface area (Å²) in [7, 11) is 0. The quantitative estimate of drug-likeness (QED) is 0.290. The van der Waals surface area contributed by atoms with Crippen molar-refractivity contribution in [1.29, 1.82) is 0 Å². The number of nitrogens with zero attached hydrogens (tertiary/aromatic N) is 3. The number of anilines is 2. The van der Waals surface area contributed by atoms with Gasteiger partial charge in [0.15, 0.2) is 22.5 Å². The SMILES string of the molecule is CC(C)NC(=O)NN=CNC(=O)c1nc(Cl)c(N)nc1N. The van der Waals surface area contributed by atoms with Crippen LogP contribution in [0.25, 0.3) is 0 Å². The highest BCUT2D eigenvalue weighted by Gasteiger charge is 2.14. The summed E-state index contributed by atoms with van der Waals surface area (Å²) < 4.78 is 0. The number of carbonyl (C=O) groups excluding carboxylic acids is 2. The smallest absolute Gasteiger partial charge is 0.335 e. The molecule has 11 heteroatoms. The number of nitrogen functional groups attached to an aromatic ring is 2. The molecule has 0 saturated heterocycles. The largest absolute Gasteiger partial charge is 0.382 e. The number of hydrazone groups is 1. The van der Waals surface area contributed by atoms with E-state index in [1.807, 2.05) is 0 Å². The Morgan fingerprint density at radius 2 is 1.95 bits per heavy atom. The Hall–Kier alpha value is -2.62. The maximum absolute atomic E-state index is 11.7. The molecule has 0 radical (unpaired) electrons. The van der Waals surface area contributed by atoms with Gasteiger partial charge >= 0.3 is 6.03 Å². The van der Waals surface area contributed by atoms with Crippen molar-refractivity contribution in [2.24, 2.45) is 5.10 Å². The minimum Gasteiger partial charge on any atom is -0.382 e. The first-order chi connectivity index (χ1) is 9.81. The Balaban J connectivity index is 2.58. The molecule has 114 valence electrons. The second kappa shape index (κ2) is 7.24. The van der Waals surface area contributed by atoms with Crippen molar-refractivity contribution in [1.82, 2.24) is 26.0 Å². The van der Waals surface area contributed by atoms with E-state index in [1.165, 1.54) is 0 Å². The van der Waals surface area contributed by atoms with Crippen molar-refractivity contribution in [2.75, 3.05) is 11.5 Å².